The zero-order valence-corrected chi connectivity index (χ0v) is 9.95. The molecule has 0 saturated heterocycles. The fourth-order valence-electron chi connectivity index (χ4n) is 0.970. The first-order valence-corrected chi connectivity index (χ1v) is 6.15. The molecule has 0 bridgehead atoms. The van der Waals surface area contributed by atoms with Crippen molar-refractivity contribution in [2.75, 3.05) is 10.7 Å². The Morgan fingerprint density at radius 1 is 1.45 bits per heavy atom. The van der Waals surface area contributed by atoms with Crippen LogP contribution in [0.25, 0.3) is 0 Å². The van der Waals surface area contributed by atoms with E-state index in [2.05, 4.69) is 38.8 Å². The van der Waals surface area contributed by atoms with Gasteiger partial charge in [0.1, 0.15) is 5.78 Å². The van der Waals surface area contributed by atoms with E-state index >= 15 is 0 Å². The fraction of sp³-hybridized carbons (Fsp3) is 0.875. The summed E-state index contributed by atoms with van der Waals surface area (Å²) in [7, 11) is 0. The van der Waals surface area contributed by atoms with Crippen molar-refractivity contribution >= 4 is 37.6 Å². The van der Waals surface area contributed by atoms with Crippen molar-refractivity contribution in [2.24, 2.45) is 5.92 Å². The third kappa shape index (κ3) is 4.96. The van der Waals surface area contributed by atoms with Crippen LogP contribution in [0.2, 0.25) is 0 Å². The molecule has 66 valence electrons. The highest BCUT2D eigenvalue weighted by Gasteiger charge is 2.14. The van der Waals surface area contributed by atoms with Gasteiger partial charge in [0.15, 0.2) is 0 Å². The normalized spacial score (nSPS) is 13.0. The Bertz CT molecular complexity index is 115. The van der Waals surface area contributed by atoms with E-state index in [-0.39, 0.29) is 5.92 Å². The Morgan fingerprint density at radius 3 is 2.45 bits per heavy atom. The number of rotatable bonds is 6. The molecule has 0 spiro atoms. The standard InChI is InChI=1S/C8H14Br2O/c1-2-3-7(6-10)8(11)4-5-9/h7H,2-6H2,1H3. The van der Waals surface area contributed by atoms with Crippen molar-refractivity contribution in [3.05, 3.63) is 0 Å². The minimum absolute atomic E-state index is 0.234. The van der Waals surface area contributed by atoms with E-state index in [1.165, 1.54) is 0 Å². The third-order valence-electron chi connectivity index (χ3n) is 1.62. The van der Waals surface area contributed by atoms with Gasteiger partial charge in [0.2, 0.25) is 0 Å². The van der Waals surface area contributed by atoms with Gasteiger partial charge in [-0.25, -0.2) is 0 Å². The molecular weight excluding hydrogens is 272 g/mol. The van der Waals surface area contributed by atoms with E-state index in [1.807, 2.05) is 0 Å². The molecule has 0 aliphatic carbocycles. The molecule has 0 N–H and O–H groups in total. The van der Waals surface area contributed by atoms with Gasteiger partial charge in [0.25, 0.3) is 0 Å². The Balaban J connectivity index is 3.71. The Morgan fingerprint density at radius 2 is 2.09 bits per heavy atom. The van der Waals surface area contributed by atoms with Crippen molar-refractivity contribution in [3.63, 3.8) is 0 Å². The molecule has 0 aliphatic rings. The highest BCUT2D eigenvalue weighted by atomic mass is 79.9. The highest BCUT2D eigenvalue weighted by molar-refractivity contribution is 9.09. The summed E-state index contributed by atoms with van der Waals surface area (Å²) in [5.41, 5.74) is 0. The number of carbonyl (C=O) groups excluding carboxylic acids is 1. The minimum Gasteiger partial charge on any atom is -0.299 e. The van der Waals surface area contributed by atoms with Crippen molar-refractivity contribution in [1.82, 2.24) is 0 Å². The van der Waals surface area contributed by atoms with Gasteiger partial charge in [-0.05, 0) is 6.42 Å². The van der Waals surface area contributed by atoms with Crippen LogP contribution in [-0.4, -0.2) is 16.4 Å². The van der Waals surface area contributed by atoms with Crippen molar-refractivity contribution in [2.45, 2.75) is 26.2 Å². The molecule has 0 heterocycles. The summed E-state index contributed by atoms with van der Waals surface area (Å²) in [6.45, 7) is 2.11. The van der Waals surface area contributed by atoms with Crippen LogP contribution in [0.1, 0.15) is 26.2 Å². The molecule has 0 aromatic rings. The topological polar surface area (TPSA) is 17.1 Å². The minimum atomic E-state index is 0.234. The summed E-state index contributed by atoms with van der Waals surface area (Å²) in [5, 5.41) is 1.60. The number of hydrogen-bond donors (Lipinski definition) is 0. The molecule has 0 aromatic carbocycles. The summed E-state index contributed by atoms with van der Waals surface area (Å²) in [6.07, 6.45) is 2.76. The monoisotopic (exact) mass is 284 g/mol. The predicted octanol–water partition coefficient (Wildman–Crippen LogP) is 3.15. The van der Waals surface area contributed by atoms with Gasteiger partial charge < -0.3 is 0 Å². The summed E-state index contributed by atoms with van der Waals surface area (Å²) < 4.78 is 0. The van der Waals surface area contributed by atoms with Crippen LogP contribution >= 0.6 is 31.9 Å². The molecule has 3 heteroatoms. The number of hydrogen-bond acceptors (Lipinski definition) is 1. The zero-order valence-electron chi connectivity index (χ0n) is 6.78. The maximum absolute atomic E-state index is 11.3. The lowest BCUT2D eigenvalue weighted by atomic mass is 9.99. The first-order chi connectivity index (χ1) is 5.26. The van der Waals surface area contributed by atoms with Crippen LogP contribution in [0.5, 0.6) is 0 Å². The van der Waals surface area contributed by atoms with Crippen molar-refractivity contribution in [3.8, 4) is 0 Å². The first kappa shape index (κ1) is 11.6. The average Bonchev–Trinajstić information content (AvgIpc) is 2.00. The van der Waals surface area contributed by atoms with Crippen LogP contribution in [-0.2, 0) is 4.79 Å². The second-order valence-corrected chi connectivity index (χ2v) is 3.99. The SMILES string of the molecule is CCCC(CBr)C(=O)CCBr. The van der Waals surface area contributed by atoms with E-state index < -0.39 is 0 Å². The van der Waals surface area contributed by atoms with E-state index in [9.17, 15) is 4.79 Å². The van der Waals surface area contributed by atoms with Crippen LogP contribution < -0.4 is 0 Å². The zero-order chi connectivity index (χ0) is 8.69. The molecule has 0 saturated carbocycles. The molecule has 0 aromatic heterocycles. The third-order valence-corrected chi connectivity index (χ3v) is 2.80. The smallest absolute Gasteiger partial charge is 0.137 e. The summed E-state index contributed by atoms with van der Waals surface area (Å²) in [6, 6.07) is 0. The number of halogens is 2. The van der Waals surface area contributed by atoms with E-state index in [0.717, 1.165) is 23.5 Å². The predicted molar refractivity (Wildman–Crippen MR) is 55.6 cm³/mol. The van der Waals surface area contributed by atoms with E-state index in [4.69, 9.17) is 0 Å². The number of Topliss-reactive ketones (excluding diaryl/α,β-unsaturated/α-hetero) is 1. The molecule has 0 fully saturated rings. The fourth-order valence-corrected chi connectivity index (χ4v) is 2.05. The van der Waals surface area contributed by atoms with Gasteiger partial charge in [0, 0.05) is 23.0 Å². The molecule has 0 aliphatic heterocycles. The molecule has 0 amide bonds. The molecular formula is C8H14Br2O. The maximum Gasteiger partial charge on any atom is 0.137 e. The second-order valence-electron chi connectivity index (χ2n) is 2.55. The molecule has 0 rings (SSSR count). The number of ketones is 1. The van der Waals surface area contributed by atoms with Gasteiger partial charge >= 0.3 is 0 Å². The summed E-state index contributed by atoms with van der Waals surface area (Å²) in [4.78, 5) is 11.3. The Labute approximate surface area is 85.2 Å². The lowest BCUT2D eigenvalue weighted by Crippen LogP contribution is -2.15. The summed E-state index contributed by atoms with van der Waals surface area (Å²) in [5.74, 6) is 0.609. The van der Waals surface area contributed by atoms with Gasteiger partial charge in [-0.2, -0.15) is 0 Å². The van der Waals surface area contributed by atoms with Gasteiger partial charge in [0.05, 0.1) is 0 Å². The van der Waals surface area contributed by atoms with Gasteiger partial charge in [-0.15, -0.1) is 0 Å². The highest BCUT2D eigenvalue weighted by Crippen LogP contribution is 2.13. The van der Waals surface area contributed by atoms with E-state index in [1.54, 1.807) is 0 Å². The Kier molecular flexibility index (Phi) is 7.71. The lowest BCUT2D eigenvalue weighted by molar-refractivity contribution is -0.121. The van der Waals surface area contributed by atoms with Crippen LogP contribution in [0.3, 0.4) is 0 Å². The molecule has 0 radical (unpaired) electrons. The van der Waals surface area contributed by atoms with Gasteiger partial charge in [-0.3, -0.25) is 4.79 Å². The average molecular weight is 286 g/mol. The molecule has 1 unspecified atom stereocenters. The summed E-state index contributed by atoms with van der Waals surface area (Å²) >= 11 is 6.61. The number of carbonyl (C=O) groups is 1. The van der Waals surface area contributed by atoms with Crippen LogP contribution in [0.4, 0.5) is 0 Å². The van der Waals surface area contributed by atoms with Crippen LogP contribution in [0.15, 0.2) is 0 Å². The van der Waals surface area contributed by atoms with Crippen molar-refractivity contribution < 1.29 is 4.79 Å². The quantitative estimate of drug-likeness (QED) is 0.685. The molecule has 1 atom stereocenters. The Hall–Kier alpha value is 0.630. The maximum atomic E-state index is 11.3. The van der Waals surface area contributed by atoms with Crippen LogP contribution in [0, 0.1) is 5.92 Å². The first-order valence-electron chi connectivity index (χ1n) is 3.90. The number of alkyl halides is 2. The van der Waals surface area contributed by atoms with E-state index in [0.29, 0.717) is 12.2 Å². The second kappa shape index (κ2) is 7.29. The lowest BCUT2D eigenvalue weighted by Gasteiger charge is -2.09. The van der Waals surface area contributed by atoms with Gasteiger partial charge in [-0.1, -0.05) is 45.2 Å². The largest absolute Gasteiger partial charge is 0.299 e. The van der Waals surface area contributed by atoms with Crippen molar-refractivity contribution in [1.29, 1.82) is 0 Å². The molecule has 1 nitrogen and oxygen atoms in total. The molecule has 11 heavy (non-hydrogen) atoms.